The molecule has 0 saturated heterocycles. The zero-order valence-corrected chi connectivity index (χ0v) is 24.6. The largest absolute Gasteiger partial charge is 0.135 e. The minimum atomic E-state index is -0.0543. The summed E-state index contributed by atoms with van der Waals surface area (Å²) in [6, 6.07) is 28.7. The van der Waals surface area contributed by atoms with E-state index in [1.54, 1.807) is 0 Å². The first-order chi connectivity index (χ1) is 19.8. The zero-order chi connectivity index (χ0) is 27.4. The van der Waals surface area contributed by atoms with Crippen LogP contribution in [0.25, 0.3) is 53.2 Å². The molecule has 0 N–H and O–H groups in total. The van der Waals surface area contributed by atoms with Gasteiger partial charge in [-0.2, -0.15) is 0 Å². The molecule has 1 aromatic heterocycles. The summed E-state index contributed by atoms with van der Waals surface area (Å²) in [4.78, 5) is 0. The summed E-state index contributed by atoms with van der Waals surface area (Å²) < 4.78 is 2.77. The standard InChI is InChI=1S/C40H30S/c1-39(2)31-17-28-23-12-7-8-15-35(23)41-36(28)20-27(31)26-16-33-30(19-32(26)39)38-25-14-9-13-24-21-10-5-6-11-22(21)29(37(24)25)18-34(38)40(33,3)4/h5-22H,1-4H3. The molecule has 0 bridgehead atoms. The van der Waals surface area contributed by atoms with Gasteiger partial charge in [-0.3, -0.25) is 0 Å². The molecule has 2 unspecified atom stereocenters. The maximum absolute atomic E-state index is 2.58. The Kier molecular flexibility index (Phi) is 3.93. The summed E-state index contributed by atoms with van der Waals surface area (Å²) in [6.45, 7) is 9.77. The van der Waals surface area contributed by atoms with E-state index in [1.165, 1.54) is 86.6 Å². The van der Waals surface area contributed by atoms with Gasteiger partial charge in [-0.05, 0) is 96.7 Å². The van der Waals surface area contributed by atoms with Gasteiger partial charge in [-0.1, -0.05) is 94.5 Å². The minimum absolute atomic E-state index is 0.0524. The zero-order valence-electron chi connectivity index (χ0n) is 23.8. The highest BCUT2D eigenvalue weighted by Crippen LogP contribution is 2.61. The Morgan fingerprint density at radius 2 is 1.20 bits per heavy atom. The third kappa shape index (κ3) is 2.55. The van der Waals surface area contributed by atoms with Crippen LogP contribution in [-0.4, -0.2) is 0 Å². The van der Waals surface area contributed by atoms with Crippen molar-refractivity contribution in [2.75, 3.05) is 0 Å². The quantitative estimate of drug-likeness (QED) is 0.179. The highest BCUT2D eigenvalue weighted by Gasteiger charge is 2.44. The fourth-order valence-electron chi connectivity index (χ4n) is 8.94. The molecule has 0 spiro atoms. The van der Waals surface area contributed by atoms with E-state index >= 15 is 0 Å². The van der Waals surface area contributed by atoms with Crippen LogP contribution in [0.3, 0.4) is 0 Å². The van der Waals surface area contributed by atoms with Crippen molar-refractivity contribution in [3.8, 4) is 22.3 Å². The monoisotopic (exact) mass is 542 g/mol. The van der Waals surface area contributed by atoms with E-state index in [4.69, 9.17) is 0 Å². The molecule has 0 nitrogen and oxygen atoms in total. The minimum Gasteiger partial charge on any atom is -0.135 e. The van der Waals surface area contributed by atoms with E-state index in [0.29, 0.717) is 11.8 Å². The molecule has 0 radical (unpaired) electrons. The second kappa shape index (κ2) is 7.09. The molecule has 0 fully saturated rings. The average molecular weight is 543 g/mol. The summed E-state index contributed by atoms with van der Waals surface area (Å²) in [5.74, 6) is 0.909. The van der Waals surface area contributed by atoms with Crippen LogP contribution in [0, 0.1) is 0 Å². The number of allylic oxidation sites excluding steroid dienone is 4. The lowest BCUT2D eigenvalue weighted by atomic mass is 9.78. The lowest BCUT2D eigenvalue weighted by molar-refractivity contribution is 0.651. The van der Waals surface area contributed by atoms with Crippen molar-refractivity contribution < 1.29 is 0 Å². The van der Waals surface area contributed by atoms with E-state index in [2.05, 4.69) is 125 Å². The molecule has 41 heavy (non-hydrogen) atoms. The highest BCUT2D eigenvalue weighted by atomic mass is 32.1. The van der Waals surface area contributed by atoms with Crippen LogP contribution in [0.1, 0.15) is 72.9 Å². The van der Waals surface area contributed by atoms with Crippen molar-refractivity contribution in [2.45, 2.75) is 50.4 Å². The number of hydrogen-bond donors (Lipinski definition) is 0. The smallest absolute Gasteiger partial charge is 0.0361 e. The first-order valence-corrected chi connectivity index (χ1v) is 15.8. The van der Waals surface area contributed by atoms with Gasteiger partial charge in [0.05, 0.1) is 0 Å². The van der Waals surface area contributed by atoms with Gasteiger partial charge in [0.15, 0.2) is 0 Å². The van der Waals surface area contributed by atoms with Gasteiger partial charge in [0, 0.05) is 42.8 Å². The summed E-state index contributed by atoms with van der Waals surface area (Å²) in [5, 5.41) is 5.72. The van der Waals surface area contributed by atoms with Crippen LogP contribution in [0.4, 0.5) is 0 Å². The topological polar surface area (TPSA) is 0 Å². The molecular weight excluding hydrogens is 513 g/mol. The van der Waals surface area contributed by atoms with E-state index < -0.39 is 0 Å². The predicted molar refractivity (Wildman–Crippen MR) is 176 cm³/mol. The van der Waals surface area contributed by atoms with Gasteiger partial charge < -0.3 is 0 Å². The lowest BCUT2D eigenvalue weighted by Crippen LogP contribution is -2.17. The van der Waals surface area contributed by atoms with Crippen molar-refractivity contribution in [2.24, 2.45) is 0 Å². The summed E-state index contributed by atoms with van der Waals surface area (Å²) >= 11 is 1.93. The number of fused-ring (bicyclic) bond motifs is 13. The van der Waals surface area contributed by atoms with E-state index in [9.17, 15) is 0 Å². The van der Waals surface area contributed by atoms with Crippen LogP contribution in [-0.2, 0) is 10.8 Å². The molecule has 0 aliphatic heterocycles. The Hall–Kier alpha value is -3.94. The molecule has 10 rings (SSSR count). The van der Waals surface area contributed by atoms with Gasteiger partial charge in [-0.15, -0.1) is 11.3 Å². The van der Waals surface area contributed by atoms with Crippen LogP contribution >= 0.6 is 11.3 Å². The molecular formula is C40H30S. The molecule has 2 atom stereocenters. The van der Waals surface area contributed by atoms with Crippen LogP contribution in [0.5, 0.6) is 0 Å². The van der Waals surface area contributed by atoms with Gasteiger partial charge in [-0.25, -0.2) is 0 Å². The molecule has 0 amide bonds. The maximum atomic E-state index is 2.58. The molecule has 4 aliphatic rings. The highest BCUT2D eigenvalue weighted by molar-refractivity contribution is 7.25. The Bertz CT molecular complexity index is 2260. The van der Waals surface area contributed by atoms with Crippen molar-refractivity contribution in [3.63, 3.8) is 0 Å². The number of hydrogen-bond acceptors (Lipinski definition) is 1. The third-order valence-electron chi connectivity index (χ3n) is 11.0. The second-order valence-electron chi connectivity index (χ2n) is 13.7. The van der Waals surface area contributed by atoms with Crippen molar-refractivity contribution >= 4 is 42.3 Å². The predicted octanol–water partition coefficient (Wildman–Crippen LogP) is 11.1. The SMILES string of the molecule is CC1(C)c2cc3c(cc2-c2cc4sc5ccccc5c4cc21)C(C)(C)c1cc2c4c(cccc4c1-3)C1C=CC=CC21. The molecule has 4 aliphatic carbocycles. The fourth-order valence-corrected chi connectivity index (χ4v) is 10.1. The Labute approximate surface area is 244 Å². The maximum Gasteiger partial charge on any atom is 0.0361 e. The molecule has 196 valence electrons. The first-order valence-electron chi connectivity index (χ1n) is 14.9. The Morgan fingerprint density at radius 3 is 2.05 bits per heavy atom. The van der Waals surface area contributed by atoms with Crippen molar-refractivity contribution in [1.29, 1.82) is 0 Å². The number of benzene rings is 5. The normalized spacial score (nSPS) is 21.4. The number of rotatable bonds is 0. The first kappa shape index (κ1) is 22.7. The van der Waals surface area contributed by atoms with E-state index in [1.807, 2.05) is 11.3 Å². The Morgan fingerprint density at radius 1 is 0.537 bits per heavy atom. The average Bonchev–Trinajstić information content (AvgIpc) is 3.64. The molecule has 6 aromatic rings. The lowest BCUT2D eigenvalue weighted by Gasteiger charge is -2.25. The fraction of sp³-hybridized carbons (Fsp3) is 0.200. The summed E-state index contributed by atoms with van der Waals surface area (Å²) in [7, 11) is 0. The Balaban J connectivity index is 1.26. The molecule has 0 saturated carbocycles. The summed E-state index contributed by atoms with van der Waals surface area (Å²) in [6.07, 6.45) is 9.30. The number of thiophene rings is 1. The van der Waals surface area contributed by atoms with Gasteiger partial charge in [0.2, 0.25) is 0 Å². The van der Waals surface area contributed by atoms with Gasteiger partial charge >= 0.3 is 0 Å². The van der Waals surface area contributed by atoms with Gasteiger partial charge in [0.25, 0.3) is 0 Å². The van der Waals surface area contributed by atoms with Crippen LogP contribution in [0.15, 0.2) is 97.1 Å². The van der Waals surface area contributed by atoms with E-state index in [0.717, 1.165) is 0 Å². The van der Waals surface area contributed by atoms with Crippen molar-refractivity contribution in [1.82, 2.24) is 0 Å². The second-order valence-corrected chi connectivity index (χ2v) is 14.7. The third-order valence-corrected chi connectivity index (χ3v) is 12.1. The van der Waals surface area contributed by atoms with Gasteiger partial charge in [0.1, 0.15) is 0 Å². The summed E-state index contributed by atoms with van der Waals surface area (Å²) in [5.41, 5.74) is 14.6. The van der Waals surface area contributed by atoms with Crippen LogP contribution < -0.4 is 0 Å². The molecule has 1 heterocycles. The molecule has 5 aromatic carbocycles. The molecule has 1 heteroatoms. The van der Waals surface area contributed by atoms with E-state index in [-0.39, 0.29) is 10.8 Å². The van der Waals surface area contributed by atoms with Crippen LogP contribution in [0.2, 0.25) is 0 Å². The van der Waals surface area contributed by atoms with Crippen molar-refractivity contribution in [3.05, 3.63) is 130 Å².